The van der Waals surface area contributed by atoms with Crippen LogP contribution in [0.1, 0.15) is 106 Å². The number of hydrogen-bond acceptors (Lipinski definition) is 18. The molecule has 0 aromatic heterocycles. The first-order valence-corrected chi connectivity index (χ1v) is 23.9. The van der Waals surface area contributed by atoms with Crippen LogP contribution in [-0.4, -0.2) is 181 Å². The Hall–Kier alpha value is -1.43. The molecule has 8 rings (SSSR count). The zero-order valence-corrected chi connectivity index (χ0v) is 38.6. The third-order valence-electron chi connectivity index (χ3n) is 19.1. The minimum absolute atomic E-state index is 0.00679. The molecule has 11 N–H and O–H groups in total. The Balaban J connectivity index is 1.02. The fourth-order valence-corrected chi connectivity index (χ4v) is 14.8. The monoisotopic (exact) mass is 929 g/mol. The quantitative estimate of drug-likeness (QED) is 0.0808. The maximum atomic E-state index is 14.7. The Morgan fingerprint density at radius 2 is 1.29 bits per heavy atom. The van der Waals surface area contributed by atoms with E-state index < -0.39 is 122 Å². The first kappa shape index (κ1) is 50.0. The van der Waals surface area contributed by atoms with Crippen LogP contribution in [0.4, 0.5) is 0 Å². The molecule has 0 spiro atoms. The van der Waals surface area contributed by atoms with Gasteiger partial charge in [0.1, 0.15) is 67.1 Å². The molecule has 18 nitrogen and oxygen atoms in total. The first-order chi connectivity index (χ1) is 30.5. The van der Waals surface area contributed by atoms with Gasteiger partial charge in [0.15, 0.2) is 12.6 Å². The first-order valence-electron chi connectivity index (χ1n) is 23.9. The number of fused-ring (bicyclic) bond motifs is 7. The molecule has 18 heteroatoms. The highest BCUT2D eigenvalue weighted by atomic mass is 16.7. The van der Waals surface area contributed by atoms with Gasteiger partial charge in [-0.25, -0.2) is 0 Å². The Morgan fingerprint density at radius 1 is 0.677 bits per heavy atom. The van der Waals surface area contributed by atoms with Crippen LogP contribution >= 0.6 is 0 Å². The Labute approximate surface area is 380 Å². The van der Waals surface area contributed by atoms with Gasteiger partial charge in [0, 0.05) is 5.41 Å². The number of ether oxygens (including phenoxy) is 6. The van der Waals surface area contributed by atoms with E-state index in [0.29, 0.717) is 25.7 Å². The summed E-state index contributed by atoms with van der Waals surface area (Å²) in [6.45, 7) is 11.8. The van der Waals surface area contributed by atoms with Crippen molar-refractivity contribution < 1.29 is 89.4 Å². The van der Waals surface area contributed by atoms with E-state index >= 15 is 0 Å². The standard InChI is InChI=1S/C47H76O18/c1-42(2)13-15-47(41(59)65-40-35(57)33(55)31(53)26(19-49)62-40)16-14-45(5)22(23(47)17-42)7-8-28-43(3)11-10-29(44(4,21-50)27(43)9-12-46(28,45)6)63-38-36(58)37(24(51)20-60-38)64-39-34(56)32(54)30(52)25(18-48)61-39/h7,23-40,48-58H,8-21H2,1-6H3/t23-,24-,25+,26+,27+,28+,29-,30+,31+,32-,33-,34+,35+,36+,37-,38-,39-,40-,43-,44+,45+,46+,47-/m0/s1. The molecule has 7 fully saturated rings. The topological polar surface area (TPSA) is 295 Å². The highest BCUT2D eigenvalue weighted by molar-refractivity contribution is 5.79. The molecule has 0 amide bonds. The number of carbonyl (C=O) groups excluding carboxylic acids is 1. The van der Waals surface area contributed by atoms with Crippen molar-refractivity contribution in [1.82, 2.24) is 0 Å². The number of allylic oxidation sites excluding steroid dienone is 2. The average molecular weight is 929 g/mol. The van der Waals surface area contributed by atoms with E-state index in [2.05, 4.69) is 40.7 Å². The van der Waals surface area contributed by atoms with Crippen molar-refractivity contribution in [3.8, 4) is 0 Å². The van der Waals surface area contributed by atoms with Crippen molar-refractivity contribution in [2.45, 2.75) is 198 Å². The second-order valence-electron chi connectivity index (χ2n) is 22.9. The zero-order valence-electron chi connectivity index (χ0n) is 38.6. The number of aliphatic hydroxyl groups is 11. The molecule has 0 bridgehead atoms. The summed E-state index contributed by atoms with van der Waals surface area (Å²) in [6.07, 6.45) is -12.5. The van der Waals surface area contributed by atoms with Crippen LogP contribution in [0.5, 0.6) is 0 Å². The minimum atomic E-state index is -1.75. The fourth-order valence-electron chi connectivity index (χ4n) is 14.8. The second kappa shape index (κ2) is 17.8. The maximum Gasteiger partial charge on any atom is 0.315 e. The molecule has 3 heterocycles. The van der Waals surface area contributed by atoms with Crippen molar-refractivity contribution in [2.24, 2.45) is 50.2 Å². The molecule has 4 saturated carbocycles. The van der Waals surface area contributed by atoms with Gasteiger partial charge in [-0.15, -0.1) is 0 Å². The lowest BCUT2D eigenvalue weighted by atomic mass is 9.33. The molecule has 23 atom stereocenters. The van der Waals surface area contributed by atoms with E-state index in [4.69, 9.17) is 28.4 Å². The largest absolute Gasteiger partial charge is 0.432 e. The third-order valence-corrected chi connectivity index (χ3v) is 19.1. The Kier molecular flexibility index (Phi) is 13.7. The van der Waals surface area contributed by atoms with E-state index in [-0.39, 0.29) is 52.6 Å². The summed E-state index contributed by atoms with van der Waals surface area (Å²) in [5.74, 6) is -0.472. The summed E-state index contributed by atoms with van der Waals surface area (Å²) in [7, 11) is 0. The summed E-state index contributed by atoms with van der Waals surface area (Å²) >= 11 is 0. The van der Waals surface area contributed by atoms with E-state index in [1.165, 1.54) is 5.57 Å². The van der Waals surface area contributed by atoms with Gasteiger partial charge < -0.3 is 84.6 Å². The average Bonchev–Trinajstić information content (AvgIpc) is 3.26. The molecule has 0 radical (unpaired) electrons. The van der Waals surface area contributed by atoms with Gasteiger partial charge in [0.2, 0.25) is 6.29 Å². The number of esters is 1. The summed E-state index contributed by atoms with van der Waals surface area (Å²) in [5.41, 5.74) is -1.25. The molecule has 0 aromatic rings. The van der Waals surface area contributed by atoms with Gasteiger partial charge in [-0.1, -0.05) is 53.2 Å². The van der Waals surface area contributed by atoms with Gasteiger partial charge in [0.05, 0.1) is 37.9 Å². The van der Waals surface area contributed by atoms with E-state index in [0.717, 1.165) is 38.5 Å². The summed E-state index contributed by atoms with van der Waals surface area (Å²) in [4.78, 5) is 14.7. The SMILES string of the molecule is CC1(C)CC[C@]2(C(=O)O[C@@H]3O[C@H](CO)[C@@H](O)[C@H](O)[C@H]3O)CC[C@]3(C)C(=CC[C@@H]4[C@@]5(C)CC[C@H](O[C@@H]6OC[C@H](O)[C@H](O[C@@H]7O[C@H](CO)[C@@H](O)[C@H](O)[C@H]7O)[C@H]6O)[C@](C)(CO)[C@@H]5CC[C@]43C)[C@@H]2C1. The van der Waals surface area contributed by atoms with Crippen molar-refractivity contribution in [3.63, 3.8) is 0 Å². The molecular weight excluding hydrogens is 852 g/mol. The van der Waals surface area contributed by atoms with E-state index in [1.54, 1.807) is 0 Å². The lowest BCUT2D eigenvalue weighted by Crippen LogP contribution is -2.67. The van der Waals surface area contributed by atoms with E-state index in [9.17, 15) is 61.0 Å². The molecule has 8 aliphatic rings. The molecule has 65 heavy (non-hydrogen) atoms. The van der Waals surface area contributed by atoms with Crippen LogP contribution in [0.3, 0.4) is 0 Å². The predicted octanol–water partition coefficient (Wildman–Crippen LogP) is -0.248. The fraction of sp³-hybridized carbons (Fsp3) is 0.936. The van der Waals surface area contributed by atoms with Gasteiger partial charge in [-0.3, -0.25) is 4.79 Å². The van der Waals surface area contributed by atoms with Gasteiger partial charge in [-0.05, 0) is 104 Å². The van der Waals surface area contributed by atoms with Crippen LogP contribution in [0.25, 0.3) is 0 Å². The van der Waals surface area contributed by atoms with Gasteiger partial charge >= 0.3 is 5.97 Å². The second-order valence-corrected chi connectivity index (χ2v) is 22.9. The van der Waals surface area contributed by atoms with Gasteiger partial charge in [0.25, 0.3) is 0 Å². The Morgan fingerprint density at radius 3 is 1.92 bits per heavy atom. The van der Waals surface area contributed by atoms with Crippen LogP contribution in [0.2, 0.25) is 0 Å². The molecule has 5 aliphatic carbocycles. The molecule has 372 valence electrons. The molecule has 3 aliphatic heterocycles. The van der Waals surface area contributed by atoms with E-state index in [1.807, 2.05) is 6.92 Å². The summed E-state index contributed by atoms with van der Waals surface area (Å²) < 4.78 is 35.4. The highest BCUT2D eigenvalue weighted by Crippen LogP contribution is 2.76. The summed E-state index contributed by atoms with van der Waals surface area (Å²) in [6, 6.07) is 0. The highest BCUT2D eigenvalue weighted by Gasteiger charge is 2.70. The zero-order chi connectivity index (χ0) is 47.4. The number of hydrogen-bond donors (Lipinski definition) is 11. The van der Waals surface area contributed by atoms with Crippen molar-refractivity contribution in [3.05, 3.63) is 11.6 Å². The lowest BCUT2D eigenvalue weighted by Gasteiger charge is -2.71. The van der Waals surface area contributed by atoms with Crippen molar-refractivity contribution in [1.29, 1.82) is 0 Å². The number of carbonyl (C=O) groups is 1. The van der Waals surface area contributed by atoms with Crippen LogP contribution in [0, 0.1) is 50.2 Å². The lowest BCUT2D eigenvalue weighted by molar-refractivity contribution is -0.358. The van der Waals surface area contributed by atoms with Crippen LogP contribution in [-0.2, 0) is 33.2 Å². The molecule has 0 unspecified atom stereocenters. The number of aliphatic hydroxyl groups excluding tert-OH is 11. The van der Waals surface area contributed by atoms with Crippen LogP contribution < -0.4 is 0 Å². The van der Waals surface area contributed by atoms with Crippen LogP contribution in [0.15, 0.2) is 11.6 Å². The third kappa shape index (κ3) is 7.80. The van der Waals surface area contributed by atoms with Crippen molar-refractivity contribution >= 4 is 5.97 Å². The summed E-state index contributed by atoms with van der Waals surface area (Å²) in [5, 5.41) is 116. The molecule has 3 saturated heterocycles. The minimum Gasteiger partial charge on any atom is -0.432 e. The van der Waals surface area contributed by atoms with Crippen molar-refractivity contribution in [2.75, 3.05) is 26.4 Å². The predicted molar refractivity (Wildman–Crippen MR) is 226 cm³/mol. The molecular formula is C47H76O18. The smallest absolute Gasteiger partial charge is 0.315 e. The maximum absolute atomic E-state index is 14.7. The molecule has 0 aromatic carbocycles. The Bertz CT molecular complexity index is 1760. The van der Waals surface area contributed by atoms with Gasteiger partial charge in [-0.2, -0.15) is 0 Å². The number of rotatable bonds is 9. The normalized spacial score (nSPS) is 54.3.